The molecule has 1 aliphatic rings. The molecule has 0 saturated carbocycles. The lowest BCUT2D eigenvalue weighted by Crippen LogP contribution is -2.03. The van der Waals surface area contributed by atoms with Crippen LogP contribution in [0.5, 0.6) is 0 Å². The molecule has 0 aromatic heterocycles. The highest BCUT2D eigenvalue weighted by Gasteiger charge is 2.31. The topological polar surface area (TPSA) is 40.3 Å². The van der Waals surface area contributed by atoms with Crippen LogP contribution >= 0.6 is 0 Å². The Balaban J connectivity index is 2.14. The third-order valence-electron chi connectivity index (χ3n) is 1.40. The first kappa shape index (κ1) is 5.56. The van der Waals surface area contributed by atoms with Gasteiger partial charge in [-0.2, -0.15) is 0 Å². The number of rotatable bonds is 2. The minimum absolute atomic E-state index is 0.302. The molecular formula is C5H9NO2. The van der Waals surface area contributed by atoms with Crippen LogP contribution in [0.15, 0.2) is 0 Å². The summed E-state index contributed by atoms with van der Waals surface area (Å²) in [6.07, 6.45) is 0.302. The van der Waals surface area contributed by atoms with Crippen molar-refractivity contribution < 1.29 is 9.90 Å². The molecule has 0 bridgehead atoms. The van der Waals surface area contributed by atoms with Crippen molar-refractivity contribution in [3.8, 4) is 0 Å². The highest BCUT2D eigenvalue weighted by atomic mass is 16.4. The summed E-state index contributed by atoms with van der Waals surface area (Å²) in [7, 11) is 1.92. The van der Waals surface area contributed by atoms with E-state index in [0.29, 0.717) is 12.5 Å². The minimum Gasteiger partial charge on any atom is -0.481 e. The molecule has 2 atom stereocenters. The van der Waals surface area contributed by atoms with Crippen molar-refractivity contribution in [3.63, 3.8) is 0 Å². The summed E-state index contributed by atoms with van der Waals surface area (Å²) in [5.41, 5.74) is 0. The zero-order valence-corrected chi connectivity index (χ0v) is 4.79. The van der Waals surface area contributed by atoms with Gasteiger partial charge in [0.15, 0.2) is 0 Å². The smallest absolute Gasteiger partial charge is 0.304 e. The van der Waals surface area contributed by atoms with Crippen LogP contribution in [0.1, 0.15) is 6.42 Å². The maximum absolute atomic E-state index is 9.97. The summed E-state index contributed by atoms with van der Waals surface area (Å²) in [5.74, 6) is -0.695. The fourth-order valence-electron chi connectivity index (χ4n) is 0.707. The van der Waals surface area contributed by atoms with Crippen LogP contribution in [-0.4, -0.2) is 35.6 Å². The molecule has 0 radical (unpaired) electrons. The molecule has 1 saturated heterocycles. The Kier molecular flexibility index (Phi) is 1.21. The van der Waals surface area contributed by atoms with Gasteiger partial charge in [0.1, 0.15) is 0 Å². The Morgan fingerprint density at radius 2 is 2.50 bits per heavy atom. The molecule has 8 heavy (non-hydrogen) atoms. The average Bonchev–Trinajstić information content (AvgIpc) is 2.17. The van der Waals surface area contributed by atoms with Crippen LogP contribution in [0, 0.1) is 0 Å². The average molecular weight is 115 g/mol. The van der Waals surface area contributed by atoms with Crippen molar-refractivity contribution in [1.29, 1.82) is 0 Å². The van der Waals surface area contributed by atoms with Gasteiger partial charge in [0, 0.05) is 12.6 Å². The molecule has 3 heteroatoms. The number of likely N-dealkylation sites (N-methyl/N-ethyl adjacent to an activating group) is 1. The SMILES string of the molecule is CN1CC1CC(=O)O. The molecule has 0 amide bonds. The third-order valence-corrected chi connectivity index (χ3v) is 1.40. The Morgan fingerprint density at radius 1 is 2.00 bits per heavy atom. The summed E-state index contributed by atoms with van der Waals surface area (Å²) in [4.78, 5) is 12.0. The van der Waals surface area contributed by atoms with Crippen molar-refractivity contribution >= 4 is 5.97 Å². The monoisotopic (exact) mass is 115 g/mol. The summed E-state index contributed by atoms with van der Waals surface area (Å²) in [6, 6.07) is 0.326. The second kappa shape index (κ2) is 1.74. The zero-order valence-electron chi connectivity index (χ0n) is 4.79. The van der Waals surface area contributed by atoms with Gasteiger partial charge in [-0.3, -0.25) is 9.69 Å². The van der Waals surface area contributed by atoms with Gasteiger partial charge in [0.05, 0.1) is 6.42 Å². The van der Waals surface area contributed by atoms with E-state index in [1.807, 2.05) is 11.9 Å². The number of hydrogen-bond donors (Lipinski definition) is 1. The van der Waals surface area contributed by atoms with E-state index in [1.54, 1.807) is 0 Å². The maximum atomic E-state index is 9.97. The molecule has 3 nitrogen and oxygen atoms in total. The van der Waals surface area contributed by atoms with E-state index in [-0.39, 0.29) is 0 Å². The quantitative estimate of drug-likeness (QED) is 0.505. The number of nitrogens with zero attached hydrogens (tertiary/aromatic N) is 1. The van der Waals surface area contributed by atoms with Crippen molar-refractivity contribution in [2.75, 3.05) is 13.6 Å². The lowest BCUT2D eigenvalue weighted by Gasteiger charge is -1.87. The third kappa shape index (κ3) is 1.20. The van der Waals surface area contributed by atoms with Gasteiger partial charge in [0.25, 0.3) is 0 Å². The molecule has 2 unspecified atom stereocenters. The van der Waals surface area contributed by atoms with Crippen LogP contribution in [0.2, 0.25) is 0 Å². The van der Waals surface area contributed by atoms with Crippen molar-refractivity contribution in [1.82, 2.24) is 4.90 Å². The van der Waals surface area contributed by atoms with E-state index in [4.69, 9.17) is 5.11 Å². The highest BCUT2D eigenvalue weighted by molar-refractivity contribution is 5.68. The first-order valence-electron chi connectivity index (χ1n) is 2.62. The number of aliphatic carboxylic acids is 1. The van der Waals surface area contributed by atoms with E-state index in [2.05, 4.69) is 0 Å². The first-order valence-corrected chi connectivity index (χ1v) is 2.62. The van der Waals surface area contributed by atoms with Gasteiger partial charge in [-0.15, -0.1) is 0 Å². The molecule has 1 rings (SSSR count). The van der Waals surface area contributed by atoms with Crippen LogP contribution in [0.4, 0.5) is 0 Å². The first-order chi connectivity index (χ1) is 3.70. The highest BCUT2D eigenvalue weighted by Crippen LogP contribution is 2.16. The second-order valence-electron chi connectivity index (χ2n) is 2.19. The summed E-state index contributed by atoms with van der Waals surface area (Å²) in [6.45, 7) is 0.951. The Labute approximate surface area is 47.9 Å². The van der Waals surface area contributed by atoms with Gasteiger partial charge in [-0.05, 0) is 7.05 Å². The van der Waals surface area contributed by atoms with Gasteiger partial charge in [-0.1, -0.05) is 0 Å². The maximum Gasteiger partial charge on any atom is 0.304 e. The number of carbonyl (C=O) groups is 1. The molecule has 1 fully saturated rings. The minimum atomic E-state index is -0.695. The van der Waals surface area contributed by atoms with Gasteiger partial charge in [0.2, 0.25) is 0 Å². The molecule has 46 valence electrons. The number of hydrogen-bond acceptors (Lipinski definition) is 2. The second-order valence-corrected chi connectivity index (χ2v) is 2.19. The van der Waals surface area contributed by atoms with Crippen molar-refractivity contribution in [3.05, 3.63) is 0 Å². The van der Waals surface area contributed by atoms with Crippen molar-refractivity contribution in [2.45, 2.75) is 12.5 Å². The fourth-order valence-corrected chi connectivity index (χ4v) is 0.707. The number of carboxylic acids is 1. The Morgan fingerprint density at radius 3 is 2.62 bits per heavy atom. The molecule has 1 N–H and O–H groups in total. The van der Waals surface area contributed by atoms with Crippen LogP contribution in [-0.2, 0) is 4.79 Å². The van der Waals surface area contributed by atoms with E-state index in [9.17, 15) is 4.79 Å². The normalized spacial score (nSPS) is 34.6. The van der Waals surface area contributed by atoms with Crippen molar-refractivity contribution in [2.24, 2.45) is 0 Å². The molecule has 0 aromatic rings. The molecule has 1 heterocycles. The van der Waals surface area contributed by atoms with E-state index in [1.165, 1.54) is 0 Å². The zero-order chi connectivity index (χ0) is 6.15. The van der Waals surface area contributed by atoms with Gasteiger partial charge in [-0.25, -0.2) is 0 Å². The molecule has 0 aromatic carbocycles. The summed E-state index contributed by atoms with van der Waals surface area (Å²) >= 11 is 0. The van der Waals surface area contributed by atoms with Crippen LogP contribution in [0.3, 0.4) is 0 Å². The van der Waals surface area contributed by atoms with E-state index < -0.39 is 5.97 Å². The Hall–Kier alpha value is -0.570. The Bertz CT molecular complexity index is 113. The number of carboxylic acid groups (broad SMARTS) is 1. The summed E-state index contributed by atoms with van der Waals surface area (Å²) in [5, 5.41) is 8.22. The van der Waals surface area contributed by atoms with Crippen LogP contribution in [0.25, 0.3) is 0 Å². The largest absolute Gasteiger partial charge is 0.481 e. The molecule has 0 spiro atoms. The van der Waals surface area contributed by atoms with E-state index >= 15 is 0 Å². The fraction of sp³-hybridized carbons (Fsp3) is 0.800. The lowest BCUT2D eigenvalue weighted by molar-refractivity contribution is -0.137. The predicted octanol–water partition coefficient (Wildman–Crippen LogP) is -0.225. The van der Waals surface area contributed by atoms with Gasteiger partial charge >= 0.3 is 5.97 Å². The molecule has 1 aliphatic heterocycles. The standard InChI is InChI=1S/C5H9NO2/c1-6-3-4(6)2-5(7)8/h4H,2-3H2,1H3,(H,7,8). The molecule has 0 aliphatic carbocycles. The van der Waals surface area contributed by atoms with E-state index in [0.717, 1.165) is 6.54 Å². The van der Waals surface area contributed by atoms with Crippen LogP contribution < -0.4 is 0 Å². The lowest BCUT2D eigenvalue weighted by atomic mass is 10.3. The predicted molar refractivity (Wildman–Crippen MR) is 28.7 cm³/mol. The van der Waals surface area contributed by atoms with Gasteiger partial charge < -0.3 is 5.11 Å². The molecular weight excluding hydrogens is 106 g/mol. The summed E-state index contributed by atoms with van der Waals surface area (Å²) < 4.78 is 0.